The SMILES string of the molecule is O=C1COCC2(CCNC2)N1Cc1cccc(O)c1. The highest BCUT2D eigenvalue weighted by Gasteiger charge is 2.45. The number of aromatic hydroxyl groups is 1. The Balaban J connectivity index is 1.85. The molecule has 0 aromatic heterocycles. The zero-order valence-corrected chi connectivity index (χ0v) is 10.8. The summed E-state index contributed by atoms with van der Waals surface area (Å²) in [5, 5.41) is 12.8. The maximum absolute atomic E-state index is 12.2. The lowest BCUT2D eigenvalue weighted by Gasteiger charge is -2.44. The van der Waals surface area contributed by atoms with Gasteiger partial charge in [-0.15, -0.1) is 0 Å². The lowest BCUT2D eigenvalue weighted by molar-refractivity contribution is -0.157. The van der Waals surface area contributed by atoms with E-state index in [0.717, 1.165) is 25.1 Å². The van der Waals surface area contributed by atoms with Gasteiger partial charge in [0.2, 0.25) is 5.91 Å². The molecule has 2 heterocycles. The minimum atomic E-state index is -0.221. The third kappa shape index (κ3) is 2.31. The number of ether oxygens (including phenoxy) is 1. The summed E-state index contributed by atoms with van der Waals surface area (Å²) in [5.41, 5.74) is 0.724. The zero-order valence-electron chi connectivity index (χ0n) is 10.8. The van der Waals surface area contributed by atoms with Gasteiger partial charge in [-0.1, -0.05) is 12.1 Å². The van der Waals surface area contributed by atoms with Gasteiger partial charge in [-0.05, 0) is 30.7 Å². The number of nitrogens with one attached hydrogen (secondary N) is 1. The van der Waals surface area contributed by atoms with Crippen molar-refractivity contribution in [3.8, 4) is 5.75 Å². The standard InChI is InChI=1S/C14H18N2O3/c17-12-3-1-2-11(6-12)7-16-13(18)8-19-10-14(16)4-5-15-9-14/h1-3,6,15,17H,4-5,7-10H2. The monoisotopic (exact) mass is 262 g/mol. The molecular formula is C14H18N2O3. The summed E-state index contributed by atoms with van der Waals surface area (Å²) in [6.07, 6.45) is 0.914. The van der Waals surface area contributed by atoms with Gasteiger partial charge in [-0.2, -0.15) is 0 Å². The number of hydrogen-bond donors (Lipinski definition) is 2. The molecule has 1 unspecified atom stereocenters. The van der Waals surface area contributed by atoms with Crippen molar-refractivity contribution >= 4 is 5.91 Å². The molecule has 2 fully saturated rings. The number of phenolic OH excluding ortho intramolecular Hbond substituents is 1. The van der Waals surface area contributed by atoms with E-state index in [0.29, 0.717) is 13.2 Å². The van der Waals surface area contributed by atoms with Crippen molar-refractivity contribution in [1.29, 1.82) is 0 Å². The normalized spacial score (nSPS) is 27.2. The molecule has 0 bridgehead atoms. The van der Waals surface area contributed by atoms with E-state index in [1.165, 1.54) is 0 Å². The summed E-state index contributed by atoms with van der Waals surface area (Å²) < 4.78 is 5.43. The van der Waals surface area contributed by atoms with Crippen LogP contribution in [0.25, 0.3) is 0 Å². The van der Waals surface area contributed by atoms with Crippen LogP contribution >= 0.6 is 0 Å². The Kier molecular flexibility index (Phi) is 3.16. The first kappa shape index (κ1) is 12.4. The molecule has 19 heavy (non-hydrogen) atoms. The summed E-state index contributed by atoms with van der Waals surface area (Å²) >= 11 is 0. The van der Waals surface area contributed by atoms with E-state index in [9.17, 15) is 9.90 Å². The molecule has 3 rings (SSSR count). The van der Waals surface area contributed by atoms with Gasteiger partial charge < -0.3 is 20.1 Å². The lowest BCUT2D eigenvalue weighted by Crippen LogP contribution is -2.60. The minimum Gasteiger partial charge on any atom is -0.508 e. The third-order valence-corrected chi connectivity index (χ3v) is 3.94. The van der Waals surface area contributed by atoms with Gasteiger partial charge in [0.25, 0.3) is 0 Å². The van der Waals surface area contributed by atoms with E-state index < -0.39 is 0 Å². The highest BCUT2D eigenvalue weighted by Crippen LogP contribution is 2.29. The zero-order chi connectivity index (χ0) is 13.3. The number of phenols is 1. The van der Waals surface area contributed by atoms with Gasteiger partial charge in [0.15, 0.2) is 0 Å². The molecular weight excluding hydrogens is 244 g/mol. The van der Waals surface area contributed by atoms with E-state index >= 15 is 0 Å². The minimum absolute atomic E-state index is 0.0262. The van der Waals surface area contributed by atoms with Crippen LogP contribution in [0, 0.1) is 0 Å². The number of rotatable bonds is 2. The third-order valence-electron chi connectivity index (χ3n) is 3.94. The fourth-order valence-electron chi connectivity index (χ4n) is 2.93. The van der Waals surface area contributed by atoms with E-state index in [4.69, 9.17) is 4.74 Å². The maximum Gasteiger partial charge on any atom is 0.249 e. The van der Waals surface area contributed by atoms with Gasteiger partial charge >= 0.3 is 0 Å². The van der Waals surface area contributed by atoms with Gasteiger partial charge in [-0.25, -0.2) is 0 Å². The van der Waals surface area contributed by atoms with Crippen molar-refractivity contribution in [3.63, 3.8) is 0 Å². The number of benzene rings is 1. The molecule has 1 aromatic rings. The number of hydrogen-bond acceptors (Lipinski definition) is 4. The molecule has 1 atom stereocenters. The summed E-state index contributed by atoms with van der Waals surface area (Å²) in [5.74, 6) is 0.259. The number of nitrogens with zero attached hydrogens (tertiary/aromatic N) is 1. The van der Waals surface area contributed by atoms with Crippen LogP contribution in [0.15, 0.2) is 24.3 Å². The largest absolute Gasteiger partial charge is 0.508 e. The smallest absolute Gasteiger partial charge is 0.249 e. The van der Waals surface area contributed by atoms with Crippen molar-refractivity contribution in [1.82, 2.24) is 10.2 Å². The molecule has 5 nitrogen and oxygen atoms in total. The second-order valence-corrected chi connectivity index (χ2v) is 5.29. The van der Waals surface area contributed by atoms with E-state index in [1.54, 1.807) is 18.2 Å². The molecule has 5 heteroatoms. The fraction of sp³-hybridized carbons (Fsp3) is 0.500. The second-order valence-electron chi connectivity index (χ2n) is 5.29. The van der Waals surface area contributed by atoms with Crippen LogP contribution in [0.4, 0.5) is 0 Å². The van der Waals surface area contributed by atoms with E-state index in [2.05, 4.69) is 5.32 Å². The molecule has 2 saturated heterocycles. The molecule has 2 N–H and O–H groups in total. The Labute approximate surface area is 112 Å². The number of morpholine rings is 1. The van der Waals surface area contributed by atoms with Crippen LogP contribution in [-0.2, 0) is 16.1 Å². The molecule has 0 radical (unpaired) electrons. The summed E-state index contributed by atoms with van der Waals surface area (Å²) in [7, 11) is 0. The molecule has 1 aromatic carbocycles. The molecule has 102 valence electrons. The van der Waals surface area contributed by atoms with Crippen LogP contribution in [0.5, 0.6) is 5.75 Å². The Hall–Kier alpha value is -1.59. The summed E-state index contributed by atoms with van der Waals surface area (Å²) in [6, 6.07) is 7.07. The molecule has 1 spiro atoms. The summed E-state index contributed by atoms with van der Waals surface area (Å²) in [6.45, 7) is 2.95. The molecule has 2 aliphatic rings. The number of amides is 1. The van der Waals surface area contributed by atoms with Gasteiger partial charge in [0, 0.05) is 13.1 Å². The van der Waals surface area contributed by atoms with E-state index in [-0.39, 0.29) is 23.8 Å². The van der Waals surface area contributed by atoms with Crippen molar-refractivity contribution in [2.45, 2.75) is 18.5 Å². The van der Waals surface area contributed by atoms with Gasteiger partial charge in [-0.3, -0.25) is 4.79 Å². The van der Waals surface area contributed by atoms with Crippen molar-refractivity contribution in [2.75, 3.05) is 26.3 Å². The predicted octanol–water partition coefficient (Wildman–Crippen LogP) is 0.483. The van der Waals surface area contributed by atoms with Crippen molar-refractivity contribution < 1.29 is 14.6 Å². The van der Waals surface area contributed by atoms with Gasteiger partial charge in [0.1, 0.15) is 12.4 Å². The van der Waals surface area contributed by atoms with Crippen molar-refractivity contribution in [2.24, 2.45) is 0 Å². The quantitative estimate of drug-likeness (QED) is 0.814. The number of carbonyl (C=O) groups is 1. The van der Waals surface area contributed by atoms with Gasteiger partial charge in [0.05, 0.1) is 12.1 Å². The molecule has 0 aliphatic carbocycles. The van der Waals surface area contributed by atoms with Crippen molar-refractivity contribution in [3.05, 3.63) is 29.8 Å². The van der Waals surface area contributed by atoms with Crippen LogP contribution in [0.2, 0.25) is 0 Å². The molecule has 2 aliphatic heterocycles. The number of carbonyl (C=O) groups excluding carboxylic acids is 1. The maximum atomic E-state index is 12.2. The van der Waals surface area contributed by atoms with Crippen LogP contribution in [-0.4, -0.2) is 47.8 Å². The topological polar surface area (TPSA) is 61.8 Å². The Morgan fingerprint density at radius 2 is 2.37 bits per heavy atom. The first-order valence-corrected chi connectivity index (χ1v) is 6.56. The molecule has 1 amide bonds. The van der Waals surface area contributed by atoms with Crippen LogP contribution < -0.4 is 5.32 Å². The van der Waals surface area contributed by atoms with Crippen LogP contribution in [0.3, 0.4) is 0 Å². The predicted molar refractivity (Wildman–Crippen MR) is 69.7 cm³/mol. The van der Waals surface area contributed by atoms with E-state index in [1.807, 2.05) is 11.0 Å². The summed E-state index contributed by atoms with van der Waals surface area (Å²) in [4.78, 5) is 14.1. The lowest BCUT2D eigenvalue weighted by atomic mass is 9.94. The fourth-order valence-corrected chi connectivity index (χ4v) is 2.93. The Morgan fingerprint density at radius 3 is 3.11 bits per heavy atom. The second kappa shape index (κ2) is 4.83. The first-order valence-electron chi connectivity index (χ1n) is 6.56. The average molecular weight is 262 g/mol. The van der Waals surface area contributed by atoms with Crippen LogP contribution in [0.1, 0.15) is 12.0 Å². The molecule has 0 saturated carbocycles. The highest BCUT2D eigenvalue weighted by molar-refractivity contribution is 5.79. The average Bonchev–Trinajstić information content (AvgIpc) is 2.84. The first-order chi connectivity index (χ1) is 9.20. The Morgan fingerprint density at radius 1 is 1.47 bits per heavy atom. The highest BCUT2D eigenvalue weighted by atomic mass is 16.5. The Bertz CT molecular complexity index is 483.